The number of nitrogens with zero attached hydrogens (tertiary/aromatic N) is 1. The third-order valence-electron chi connectivity index (χ3n) is 8.45. The SMILES string of the molecule is O=C(O)[C@H]1C[C@H]2C[C@@H](C1)CN(Cc1ccc3c(C(F)(F)F)c(OC4CCC(C(F)(F)F)CC4)ccc3c1)C2. The highest BCUT2D eigenvalue weighted by Gasteiger charge is 2.43. The molecule has 1 aliphatic heterocycles. The van der Waals surface area contributed by atoms with E-state index in [1.165, 1.54) is 12.1 Å². The van der Waals surface area contributed by atoms with Gasteiger partial charge in [0.2, 0.25) is 0 Å². The van der Waals surface area contributed by atoms with Gasteiger partial charge >= 0.3 is 18.3 Å². The molecule has 10 heteroatoms. The van der Waals surface area contributed by atoms with Crippen molar-refractivity contribution in [3.63, 3.8) is 0 Å². The van der Waals surface area contributed by atoms with Gasteiger partial charge in [0.25, 0.3) is 0 Å². The predicted molar refractivity (Wildman–Crippen MR) is 129 cm³/mol. The van der Waals surface area contributed by atoms with Crippen LogP contribution in [0.5, 0.6) is 5.75 Å². The first kappa shape index (κ1) is 27.1. The molecule has 4 nitrogen and oxygen atoms in total. The van der Waals surface area contributed by atoms with Crippen molar-refractivity contribution in [1.29, 1.82) is 0 Å². The normalized spacial score (nSPS) is 28.8. The minimum absolute atomic E-state index is 0.00235. The summed E-state index contributed by atoms with van der Waals surface area (Å²) in [7, 11) is 0. The Morgan fingerprint density at radius 3 is 2.16 bits per heavy atom. The van der Waals surface area contributed by atoms with Crippen LogP contribution in [0.1, 0.15) is 56.1 Å². The van der Waals surface area contributed by atoms with Gasteiger partial charge in [-0.05, 0) is 85.3 Å². The molecule has 3 fully saturated rings. The second-order valence-corrected chi connectivity index (χ2v) is 11.3. The number of carboxylic acids is 1. The quantitative estimate of drug-likeness (QED) is 0.403. The van der Waals surface area contributed by atoms with Crippen LogP contribution in [-0.2, 0) is 17.5 Å². The maximum absolute atomic E-state index is 14.2. The van der Waals surface area contributed by atoms with Crippen LogP contribution in [0.3, 0.4) is 0 Å². The fourth-order valence-corrected chi connectivity index (χ4v) is 6.79. The van der Waals surface area contributed by atoms with Crippen molar-refractivity contribution in [3.05, 3.63) is 41.5 Å². The first-order valence-corrected chi connectivity index (χ1v) is 13.2. The summed E-state index contributed by atoms with van der Waals surface area (Å²) in [5.74, 6) is -2.18. The molecule has 3 atom stereocenters. The van der Waals surface area contributed by atoms with E-state index in [0.717, 1.165) is 25.1 Å². The van der Waals surface area contributed by atoms with Crippen LogP contribution in [-0.4, -0.2) is 41.3 Å². The Labute approximate surface area is 216 Å². The topological polar surface area (TPSA) is 49.8 Å². The van der Waals surface area contributed by atoms with Gasteiger partial charge in [-0.15, -0.1) is 0 Å². The molecule has 2 bridgehead atoms. The highest BCUT2D eigenvalue weighted by Crippen LogP contribution is 2.44. The number of carboxylic acid groups (broad SMARTS) is 1. The highest BCUT2D eigenvalue weighted by molar-refractivity contribution is 5.89. The van der Waals surface area contributed by atoms with Gasteiger partial charge in [-0.1, -0.05) is 18.2 Å². The lowest BCUT2D eigenvalue weighted by Gasteiger charge is -2.43. The molecular formula is C28H31F6NO3. The molecule has 2 aliphatic carbocycles. The van der Waals surface area contributed by atoms with Gasteiger partial charge in [0, 0.05) is 19.6 Å². The Morgan fingerprint density at radius 1 is 0.921 bits per heavy atom. The average Bonchev–Trinajstić information content (AvgIpc) is 2.82. The fraction of sp³-hybridized carbons (Fsp3) is 0.607. The Bertz CT molecular complexity index is 1160. The summed E-state index contributed by atoms with van der Waals surface area (Å²) >= 11 is 0. The van der Waals surface area contributed by atoms with Gasteiger partial charge in [0.05, 0.1) is 17.9 Å². The molecule has 0 aromatic heterocycles. The number of carbonyl (C=O) groups is 1. The Kier molecular flexibility index (Phi) is 7.30. The molecule has 0 amide bonds. The molecule has 0 spiro atoms. The number of alkyl halides is 6. The summed E-state index contributed by atoms with van der Waals surface area (Å²) in [4.78, 5) is 13.7. The van der Waals surface area contributed by atoms with Crippen LogP contribution in [0.4, 0.5) is 26.3 Å². The van der Waals surface area contributed by atoms with Gasteiger partial charge in [-0.25, -0.2) is 0 Å². The Morgan fingerprint density at radius 2 is 1.58 bits per heavy atom. The first-order valence-electron chi connectivity index (χ1n) is 13.2. The number of likely N-dealkylation sites (tertiary alicyclic amines) is 1. The van der Waals surface area contributed by atoms with Gasteiger partial charge in [-0.3, -0.25) is 9.69 Å². The van der Waals surface area contributed by atoms with Gasteiger partial charge in [0.1, 0.15) is 11.3 Å². The molecule has 1 N–H and O–H groups in total. The Hall–Kier alpha value is -2.49. The second kappa shape index (κ2) is 10.2. The van der Waals surface area contributed by atoms with E-state index < -0.39 is 35.9 Å². The van der Waals surface area contributed by atoms with Crippen LogP contribution < -0.4 is 4.74 Å². The molecule has 38 heavy (non-hydrogen) atoms. The number of ether oxygens (including phenoxy) is 1. The van der Waals surface area contributed by atoms with Gasteiger partial charge < -0.3 is 9.84 Å². The van der Waals surface area contributed by atoms with E-state index >= 15 is 0 Å². The van der Waals surface area contributed by atoms with Crippen LogP contribution >= 0.6 is 0 Å². The number of aliphatic carboxylic acids is 1. The predicted octanol–water partition coefficient (Wildman–Crippen LogP) is 7.29. The highest BCUT2D eigenvalue weighted by atomic mass is 19.4. The van der Waals surface area contributed by atoms with Crippen molar-refractivity contribution in [2.24, 2.45) is 23.7 Å². The molecule has 0 unspecified atom stereocenters. The number of piperidine rings is 1. The van der Waals surface area contributed by atoms with Gasteiger partial charge in [0.15, 0.2) is 0 Å². The molecule has 2 saturated carbocycles. The number of benzene rings is 2. The lowest BCUT2D eigenvalue weighted by molar-refractivity contribution is -0.185. The lowest BCUT2D eigenvalue weighted by atomic mass is 9.72. The zero-order chi connectivity index (χ0) is 27.2. The van der Waals surface area contributed by atoms with Crippen LogP contribution in [0.15, 0.2) is 30.3 Å². The van der Waals surface area contributed by atoms with Crippen molar-refractivity contribution < 1.29 is 41.0 Å². The van der Waals surface area contributed by atoms with E-state index in [1.54, 1.807) is 18.2 Å². The molecule has 2 aromatic rings. The van der Waals surface area contributed by atoms with Crippen molar-refractivity contribution in [3.8, 4) is 5.75 Å². The van der Waals surface area contributed by atoms with E-state index in [4.69, 9.17) is 4.74 Å². The number of halogens is 6. The summed E-state index contributed by atoms with van der Waals surface area (Å²) in [5.41, 5.74) is -0.0220. The van der Waals surface area contributed by atoms with E-state index in [9.17, 15) is 36.2 Å². The van der Waals surface area contributed by atoms with Crippen molar-refractivity contribution in [2.45, 2.75) is 69.9 Å². The Balaban J connectivity index is 1.31. The minimum atomic E-state index is -4.69. The average molecular weight is 544 g/mol. The second-order valence-electron chi connectivity index (χ2n) is 11.3. The molecular weight excluding hydrogens is 512 g/mol. The van der Waals surface area contributed by atoms with Crippen molar-refractivity contribution >= 4 is 16.7 Å². The molecule has 3 aliphatic rings. The summed E-state index contributed by atoms with van der Waals surface area (Å²) in [5, 5.41) is 9.81. The summed E-state index contributed by atoms with van der Waals surface area (Å²) in [6, 6.07) is 7.73. The molecule has 1 heterocycles. The zero-order valence-electron chi connectivity index (χ0n) is 20.8. The lowest BCUT2D eigenvalue weighted by Crippen LogP contribution is -2.45. The number of hydrogen-bond acceptors (Lipinski definition) is 3. The van der Waals surface area contributed by atoms with E-state index in [0.29, 0.717) is 36.6 Å². The molecule has 0 radical (unpaired) electrons. The first-order chi connectivity index (χ1) is 17.9. The maximum atomic E-state index is 14.2. The molecule has 2 aromatic carbocycles. The van der Waals surface area contributed by atoms with Crippen LogP contribution in [0, 0.1) is 23.7 Å². The third-order valence-corrected chi connectivity index (χ3v) is 8.45. The molecule has 5 rings (SSSR count). The standard InChI is InChI=1S/C28H31F6NO3/c29-27(30,31)21-3-5-22(6-4-21)38-24-8-2-19-10-16(1-7-23(19)25(24)28(32,33)34)13-35-14-17-9-18(15-35)12-20(11-17)26(36)37/h1-2,7-8,10,17-18,20-22H,3-6,9,11-15H2,(H,36,37)/t17-,18+,20+,21?,22?. The van der Waals surface area contributed by atoms with Crippen molar-refractivity contribution in [1.82, 2.24) is 4.90 Å². The monoisotopic (exact) mass is 543 g/mol. The summed E-state index contributed by atoms with van der Waals surface area (Å²) in [6.07, 6.45) is -7.51. The third kappa shape index (κ3) is 5.90. The van der Waals surface area contributed by atoms with Crippen LogP contribution in [0.2, 0.25) is 0 Å². The maximum Gasteiger partial charge on any atom is 0.420 e. The van der Waals surface area contributed by atoms with Crippen LogP contribution in [0.25, 0.3) is 10.8 Å². The van der Waals surface area contributed by atoms with Crippen molar-refractivity contribution in [2.75, 3.05) is 13.1 Å². The molecule has 1 saturated heterocycles. The van der Waals surface area contributed by atoms with Gasteiger partial charge in [-0.2, -0.15) is 26.3 Å². The van der Waals surface area contributed by atoms with E-state index in [-0.39, 0.29) is 42.7 Å². The fourth-order valence-electron chi connectivity index (χ4n) is 6.79. The molecule has 208 valence electrons. The zero-order valence-corrected chi connectivity index (χ0v) is 20.8. The largest absolute Gasteiger partial charge is 0.490 e. The minimum Gasteiger partial charge on any atom is -0.490 e. The smallest absolute Gasteiger partial charge is 0.420 e. The number of rotatable bonds is 5. The van der Waals surface area contributed by atoms with E-state index in [2.05, 4.69) is 4.90 Å². The number of fused-ring (bicyclic) bond motifs is 3. The summed E-state index contributed by atoms with van der Waals surface area (Å²) < 4.78 is 87.0. The summed E-state index contributed by atoms with van der Waals surface area (Å²) in [6.45, 7) is 2.12. The van der Waals surface area contributed by atoms with E-state index in [1.807, 2.05) is 0 Å². The number of hydrogen-bond donors (Lipinski definition) is 1.